The Morgan fingerprint density at radius 2 is 2.08 bits per heavy atom. The Bertz CT molecular complexity index is 654. The molecule has 1 saturated carbocycles. The zero-order chi connectivity index (χ0) is 16.5. The molecule has 2 aliphatic heterocycles. The van der Waals surface area contributed by atoms with Crippen molar-refractivity contribution >= 4 is 11.8 Å². The second-order valence-electron chi connectivity index (χ2n) is 6.75. The molecule has 2 amide bonds. The third kappa shape index (κ3) is 2.81. The highest BCUT2D eigenvalue weighted by Gasteiger charge is 2.38. The molecule has 6 heteroatoms. The number of rotatable bonds is 4. The zero-order valence-electron chi connectivity index (χ0n) is 13.6. The third-order valence-electron chi connectivity index (χ3n) is 5.23. The number of hydrogen-bond acceptors (Lipinski definition) is 4. The molecule has 0 spiro atoms. The van der Waals surface area contributed by atoms with E-state index in [9.17, 15) is 9.59 Å². The van der Waals surface area contributed by atoms with Gasteiger partial charge in [0, 0.05) is 31.1 Å². The quantitative estimate of drug-likeness (QED) is 0.914. The van der Waals surface area contributed by atoms with Crippen LogP contribution in [-0.2, 0) is 16.1 Å². The van der Waals surface area contributed by atoms with Gasteiger partial charge in [-0.1, -0.05) is 25.0 Å². The van der Waals surface area contributed by atoms with Crippen LogP contribution in [0.15, 0.2) is 18.2 Å². The monoisotopic (exact) mass is 330 g/mol. The molecule has 1 aromatic carbocycles. The number of nitrogens with zero attached hydrogens (tertiary/aromatic N) is 1. The molecule has 24 heavy (non-hydrogen) atoms. The van der Waals surface area contributed by atoms with Gasteiger partial charge in [0.1, 0.15) is 0 Å². The average molecular weight is 330 g/mol. The van der Waals surface area contributed by atoms with Crippen molar-refractivity contribution in [3.05, 3.63) is 23.8 Å². The van der Waals surface area contributed by atoms with E-state index in [0.29, 0.717) is 37.1 Å². The van der Waals surface area contributed by atoms with E-state index in [1.807, 2.05) is 23.1 Å². The lowest BCUT2D eigenvalue weighted by Crippen LogP contribution is -2.36. The summed E-state index contributed by atoms with van der Waals surface area (Å²) in [6, 6.07) is 6.00. The Morgan fingerprint density at radius 1 is 1.25 bits per heavy atom. The molecule has 0 radical (unpaired) electrons. The van der Waals surface area contributed by atoms with E-state index in [-0.39, 0.29) is 24.5 Å². The minimum absolute atomic E-state index is 0.0552. The fourth-order valence-corrected chi connectivity index (χ4v) is 3.93. The van der Waals surface area contributed by atoms with Crippen LogP contribution in [0.25, 0.3) is 0 Å². The van der Waals surface area contributed by atoms with E-state index >= 15 is 0 Å². The summed E-state index contributed by atoms with van der Waals surface area (Å²) in [6.07, 6.45) is 4.86. The summed E-state index contributed by atoms with van der Waals surface area (Å²) in [6.45, 7) is 1.16. The first-order chi connectivity index (χ1) is 11.7. The maximum absolute atomic E-state index is 12.5. The predicted molar refractivity (Wildman–Crippen MR) is 86.5 cm³/mol. The molecule has 0 bridgehead atoms. The van der Waals surface area contributed by atoms with Crippen LogP contribution in [0.4, 0.5) is 0 Å². The van der Waals surface area contributed by atoms with Crippen molar-refractivity contribution in [2.75, 3.05) is 13.3 Å². The van der Waals surface area contributed by atoms with E-state index < -0.39 is 0 Å². The van der Waals surface area contributed by atoms with E-state index in [4.69, 9.17) is 9.47 Å². The molecular weight excluding hydrogens is 308 g/mol. The number of amides is 2. The lowest BCUT2D eigenvalue weighted by atomic mass is 10.1. The van der Waals surface area contributed by atoms with Crippen LogP contribution in [0.3, 0.4) is 0 Å². The topological polar surface area (TPSA) is 67.9 Å². The van der Waals surface area contributed by atoms with Crippen molar-refractivity contribution in [3.63, 3.8) is 0 Å². The lowest BCUT2D eigenvalue weighted by Gasteiger charge is -2.23. The Balaban J connectivity index is 1.35. The Hall–Kier alpha value is -2.24. The fourth-order valence-electron chi connectivity index (χ4n) is 3.93. The Morgan fingerprint density at radius 3 is 2.92 bits per heavy atom. The van der Waals surface area contributed by atoms with Crippen LogP contribution >= 0.6 is 0 Å². The molecule has 2 heterocycles. The first-order valence-electron chi connectivity index (χ1n) is 8.67. The highest BCUT2D eigenvalue weighted by atomic mass is 16.7. The van der Waals surface area contributed by atoms with Crippen LogP contribution in [0.2, 0.25) is 0 Å². The first kappa shape index (κ1) is 15.3. The number of fused-ring (bicyclic) bond motifs is 1. The smallest absolute Gasteiger partial charge is 0.231 e. The summed E-state index contributed by atoms with van der Waals surface area (Å²) in [7, 11) is 0. The number of hydrogen-bond donors (Lipinski definition) is 1. The maximum atomic E-state index is 12.5. The van der Waals surface area contributed by atoms with Gasteiger partial charge in [0.15, 0.2) is 11.5 Å². The van der Waals surface area contributed by atoms with Gasteiger partial charge in [-0.2, -0.15) is 0 Å². The Labute approximate surface area is 141 Å². The first-order valence-corrected chi connectivity index (χ1v) is 8.67. The number of likely N-dealkylation sites (tertiary alicyclic amines) is 1. The van der Waals surface area contributed by atoms with Crippen molar-refractivity contribution in [1.29, 1.82) is 0 Å². The van der Waals surface area contributed by atoms with Gasteiger partial charge in [-0.15, -0.1) is 0 Å². The number of para-hydroxylation sites is 1. The summed E-state index contributed by atoms with van der Waals surface area (Å²) in [5.74, 6) is 1.24. The second kappa shape index (κ2) is 6.34. The summed E-state index contributed by atoms with van der Waals surface area (Å²) < 4.78 is 10.8. The summed E-state index contributed by atoms with van der Waals surface area (Å²) >= 11 is 0. The van der Waals surface area contributed by atoms with E-state index in [1.165, 1.54) is 12.8 Å². The standard InChI is InChI=1S/C18H22N2O4/c21-16-8-13(10-20(16)14-5-1-2-6-14)18(22)19-9-12-4-3-7-15-17(12)24-11-23-15/h3-4,7,13-14H,1-2,5-6,8-11H2,(H,19,22)/t13-/m1/s1. The normalized spacial score (nSPS) is 23.1. The summed E-state index contributed by atoms with van der Waals surface area (Å²) in [4.78, 5) is 26.6. The lowest BCUT2D eigenvalue weighted by molar-refractivity contribution is -0.130. The third-order valence-corrected chi connectivity index (χ3v) is 5.23. The van der Waals surface area contributed by atoms with E-state index in [2.05, 4.69) is 5.32 Å². The molecule has 4 rings (SSSR count). The maximum Gasteiger partial charge on any atom is 0.231 e. The molecule has 1 aromatic rings. The molecule has 128 valence electrons. The van der Waals surface area contributed by atoms with Gasteiger partial charge in [0.05, 0.1) is 5.92 Å². The molecule has 2 fully saturated rings. The average Bonchev–Trinajstić information content (AvgIpc) is 3.31. The molecule has 6 nitrogen and oxygen atoms in total. The molecule has 1 saturated heterocycles. The zero-order valence-corrected chi connectivity index (χ0v) is 13.6. The van der Waals surface area contributed by atoms with Crippen LogP contribution < -0.4 is 14.8 Å². The van der Waals surface area contributed by atoms with Crippen LogP contribution in [0.5, 0.6) is 11.5 Å². The molecular formula is C18H22N2O4. The summed E-state index contributed by atoms with van der Waals surface area (Å²) in [5, 5.41) is 2.95. The van der Waals surface area contributed by atoms with E-state index in [0.717, 1.165) is 18.4 Å². The van der Waals surface area contributed by atoms with Crippen LogP contribution in [0, 0.1) is 5.92 Å². The highest BCUT2D eigenvalue weighted by molar-refractivity contribution is 5.89. The second-order valence-corrected chi connectivity index (χ2v) is 6.75. The van der Waals surface area contributed by atoms with E-state index in [1.54, 1.807) is 0 Å². The van der Waals surface area contributed by atoms with Crippen molar-refractivity contribution in [2.45, 2.75) is 44.7 Å². The SMILES string of the molecule is O=C(NCc1cccc2c1OCO2)[C@@H]1CC(=O)N(C2CCCC2)C1. The highest BCUT2D eigenvalue weighted by Crippen LogP contribution is 2.35. The van der Waals surface area contributed by atoms with Crippen molar-refractivity contribution in [3.8, 4) is 11.5 Å². The van der Waals surface area contributed by atoms with Crippen molar-refractivity contribution in [1.82, 2.24) is 10.2 Å². The van der Waals surface area contributed by atoms with Gasteiger partial charge in [-0.25, -0.2) is 0 Å². The van der Waals surface area contributed by atoms with Gasteiger partial charge >= 0.3 is 0 Å². The Kier molecular flexibility index (Phi) is 4.04. The fraction of sp³-hybridized carbons (Fsp3) is 0.556. The molecule has 1 N–H and O–H groups in total. The van der Waals surface area contributed by atoms with Gasteiger partial charge < -0.3 is 19.7 Å². The van der Waals surface area contributed by atoms with Gasteiger partial charge in [-0.3, -0.25) is 9.59 Å². The van der Waals surface area contributed by atoms with Crippen molar-refractivity contribution in [2.24, 2.45) is 5.92 Å². The van der Waals surface area contributed by atoms with Gasteiger partial charge in [0.25, 0.3) is 0 Å². The molecule has 3 aliphatic rings. The number of carbonyl (C=O) groups excluding carboxylic acids is 2. The summed E-state index contributed by atoms with van der Waals surface area (Å²) in [5.41, 5.74) is 0.898. The molecule has 0 aromatic heterocycles. The minimum Gasteiger partial charge on any atom is -0.454 e. The van der Waals surface area contributed by atoms with Gasteiger partial charge in [0.2, 0.25) is 18.6 Å². The largest absolute Gasteiger partial charge is 0.454 e. The number of ether oxygens (including phenoxy) is 2. The molecule has 1 atom stereocenters. The number of carbonyl (C=O) groups is 2. The molecule has 1 aliphatic carbocycles. The van der Waals surface area contributed by atoms with Crippen molar-refractivity contribution < 1.29 is 19.1 Å². The minimum atomic E-state index is -0.243. The number of benzene rings is 1. The molecule has 0 unspecified atom stereocenters. The predicted octanol–water partition coefficient (Wildman–Crippen LogP) is 1.82. The number of nitrogens with one attached hydrogen (secondary N) is 1. The van der Waals surface area contributed by atoms with Crippen LogP contribution in [0.1, 0.15) is 37.7 Å². The van der Waals surface area contributed by atoms with Gasteiger partial charge in [-0.05, 0) is 18.9 Å². The van der Waals surface area contributed by atoms with Crippen LogP contribution in [-0.4, -0.2) is 36.1 Å².